The molecule has 1 saturated carbocycles. The van der Waals surface area contributed by atoms with Gasteiger partial charge in [-0.1, -0.05) is 60.7 Å². The summed E-state index contributed by atoms with van der Waals surface area (Å²) >= 11 is 0. The number of fused-ring (bicyclic) bond motifs is 1. The number of aromatic nitrogens is 1. The van der Waals surface area contributed by atoms with Crippen LogP contribution in [0.25, 0.3) is 10.9 Å². The number of benzene rings is 3. The predicted octanol–water partition coefficient (Wildman–Crippen LogP) is 7.47. The Labute approximate surface area is 266 Å². The largest absolute Gasteiger partial charge is 0.443 e. The number of ether oxygens (including phenoxy) is 1. The highest BCUT2D eigenvalue weighted by Gasteiger charge is 2.33. The molecule has 0 spiro atoms. The molecule has 0 saturated heterocycles. The lowest BCUT2D eigenvalue weighted by Crippen LogP contribution is -2.48. The van der Waals surface area contributed by atoms with Gasteiger partial charge in [-0.05, 0) is 86.6 Å². The molecule has 0 bridgehead atoms. The van der Waals surface area contributed by atoms with Crippen molar-refractivity contribution in [3.8, 4) is 0 Å². The van der Waals surface area contributed by atoms with Crippen molar-refractivity contribution in [1.82, 2.24) is 14.8 Å². The number of rotatable bonds is 7. The molecule has 2 amide bonds. The van der Waals surface area contributed by atoms with Crippen molar-refractivity contribution in [2.45, 2.75) is 63.6 Å². The number of amides is 2. The summed E-state index contributed by atoms with van der Waals surface area (Å²) in [6.45, 7) is 5.26. The maximum absolute atomic E-state index is 15.1. The van der Waals surface area contributed by atoms with Gasteiger partial charge in [-0.25, -0.2) is 18.1 Å². The van der Waals surface area contributed by atoms with E-state index in [0.29, 0.717) is 27.9 Å². The Kier molecular flexibility index (Phi) is 8.34. The molecule has 9 heteroatoms. The van der Waals surface area contributed by atoms with Gasteiger partial charge in [0.1, 0.15) is 23.3 Å². The van der Waals surface area contributed by atoms with Crippen LogP contribution in [0.4, 0.5) is 13.6 Å². The van der Waals surface area contributed by atoms with E-state index in [0.717, 1.165) is 35.3 Å². The summed E-state index contributed by atoms with van der Waals surface area (Å²) in [5.41, 5.74) is 2.03. The van der Waals surface area contributed by atoms with Gasteiger partial charge in [-0.15, -0.1) is 0 Å². The van der Waals surface area contributed by atoms with Crippen molar-refractivity contribution in [2.75, 3.05) is 0 Å². The minimum Gasteiger partial charge on any atom is -0.443 e. The first kappa shape index (κ1) is 31.0. The van der Waals surface area contributed by atoms with Crippen LogP contribution in [-0.2, 0) is 20.7 Å². The average molecular weight is 624 g/mol. The van der Waals surface area contributed by atoms with Crippen LogP contribution < -0.4 is 5.32 Å². The Balaban J connectivity index is 1.28. The second-order valence-electron chi connectivity index (χ2n) is 12.7. The van der Waals surface area contributed by atoms with E-state index in [2.05, 4.69) is 5.32 Å². The second kappa shape index (κ2) is 12.4. The number of carbonyl (C=O) groups excluding carboxylic acids is 3. The van der Waals surface area contributed by atoms with Crippen molar-refractivity contribution in [3.63, 3.8) is 0 Å². The molecule has 2 atom stereocenters. The molecule has 1 N–H and O–H groups in total. The van der Waals surface area contributed by atoms with Gasteiger partial charge in [0.25, 0.3) is 0 Å². The lowest BCUT2D eigenvalue weighted by Gasteiger charge is -2.30. The Morgan fingerprint density at radius 3 is 2.35 bits per heavy atom. The highest BCUT2D eigenvalue weighted by atomic mass is 19.1. The highest BCUT2D eigenvalue weighted by Crippen LogP contribution is 2.42. The molecule has 46 heavy (non-hydrogen) atoms. The standard InChI is InChI=1S/C37H35F2N3O4/c1-37(2,3)46-36(45)42-28(19-25-11-7-8-12-31(25)42)22-33(43)41-18-17-27(38)21-32(41)35(44)40-34(24-9-5-4-6-10-24)26-15-16-29(23-13-14-23)30(39)20-26/h4-12,15-21,23,32,34H,13-14,22H2,1-3H3,(H,40,44)/t32-,34-/m0/s1. The minimum atomic E-state index is -1.33. The molecular weight excluding hydrogens is 588 g/mol. The molecule has 1 aromatic heterocycles. The molecule has 0 radical (unpaired) electrons. The van der Waals surface area contributed by atoms with E-state index < -0.39 is 41.4 Å². The van der Waals surface area contributed by atoms with Crippen molar-refractivity contribution in [1.29, 1.82) is 0 Å². The molecular formula is C37H35F2N3O4. The first-order valence-electron chi connectivity index (χ1n) is 15.3. The lowest BCUT2D eigenvalue weighted by atomic mass is 9.96. The van der Waals surface area contributed by atoms with Gasteiger partial charge in [0.05, 0.1) is 18.0 Å². The fourth-order valence-corrected chi connectivity index (χ4v) is 5.76. The van der Waals surface area contributed by atoms with Gasteiger partial charge in [0.2, 0.25) is 11.8 Å². The Hall–Kier alpha value is -5.05. The number of nitrogens with one attached hydrogen (secondary N) is 1. The maximum Gasteiger partial charge on any atom is 0.419 e. The molecule has 236 valence electrons. The molecule has 7 nitrogen and oxygen atoms in total. The topological polar surface area (TPSA) is 80.6 Å². The van der Waals surface area contributed by atoms with Gasteiger partial charge in [-0.3, -0.25) is 9.59 Å². The van der Waals surface area contributed by atoms with Crippen LogP contribution in [0.5, 0.6) is 0 Å². The van der Waals surface area contributed by atoms with Gasteiger partial charge in [0.15, 0.2) is 0 Å². The zero-order valence-corrected chi connectivity index (χ0v) is 25.9. The first-order chi connectivity index (χ1) is 22.0. The first-order valence-corrected chi connectivity index (χ1v) is 15.3. The zero-order chi connectivity index (χ0) is 32.6. The van der Waals surface area contributed by atoms with Crippen molar-refractivity contribution in [2.24, 2.45) is 0 Å². The third-order valence-electron chi connectivity index (χ3n) is 8.06. The third kappa shape index (κ3) is 6.63. The van der Waals surface area contributed by atoms with Crippen LogP contribution in [0.1, 0.15) is 68.0 Å². The van der Waals surface area contributed by atoms with Crippen molar-refractivity contribution < 1.29 is 27.9 Å². The quantitative estimate of drug-likeness (QED) is 0.232. The summed E-state index contributed by atoms with van der Waals surface area (Å²) in [5, 5.41) is 3.67. The van der Waals surface area contributed by atoms with Gasteiger partial charge >= 0.3 is 6.09 Å². The summed E-state index contributed by atoms with van der Waals surface area (Å²) in [6, 6.07) is 20.9. The van der Waals surface area contributed by atoms with E-state index in [4.69, 9.17) is 4.74 Å². The number of allylic oxidation sites excluding steroid dienone is 2. The third-order valence-corrected chi connectivity index (χ3v) is 8.06. The van der Waals surface area contributed by atoms with E-state index in [1.165, 1.54) is 16.8 Å². The van der Waals surface area contributed by atoms with Crippen LogP contribution in [0.15, 0.2) is 103 Å². The van der Waals surface area contributed by atoms with Gasteiger partial charge in [0, 0.05) is 17.3 Å². The van der Waals surface area contributed by atoms with Crippen LogP contribution in [0, 0.1) is 5.82 Å². The second-order valence-corrected chi connectivity index (χ2v) is 12.7. The van der Waals surface area contributed by atoms with Gasteiger partial charge < -0.3 is 15.0 Å². The average Bonchev–Trinajstić information content (AvgIpc) is 3.79. The molecule has 4 aromatic rings. The number of para-hydroxylation sites is 1. The van der Waals surface area contributed by atoms with Crippen LogP contribution in [0.2, 0.25) is 0 Å². The number of hydrogen-bond donors (Lipinski definition) is 1. The fraction of sp³-hybridized carbons (Fsp3) is 0.270. The Bertz CT molecular complexity index is 1870. The zero-order valence-electron chi connectivity index (χ0n) is 25.9. The summed E-state index contributed by atoms with van der Waals surface area (Å²) in [4.78, 5) is 42.1. The van der Waals surface area contributed by atoms with Crippen molar-refractivity contribution in [3.05, 3.63) is 131 Å². The normalized spacial score (nSPS) is 17.0. The smallest absolute Gasteiger partial charge is 0.419 e. The highest BCUT2D eigenvalue weighted by molar-refractivity contribution is 5.95. The molecule has 0 unspecified atom stereocenters. The summed E-state index contributed by atoms with van der Waals surface area (Å²) < 4.78 is 36.7. The van der Waals surface area contributed by atoms with Gasteiger partial charge in [-0.2, -0.15) is 0 Å². The Morgan fingerprint density at radius 1 is 0.935 bits per heavy atom. The van der Waals surface area contributed by atoms with E-state index in [1.54, 1.807) is 51.1 Å². The summed E-state index contributed by atoms with van der Waals surface area (Å²) in [5.74, 6) is -1.98. The number of nitrogens with zero attached hydrogens (tertiary/aromatic N) is 2. The van der Waals surface area contributed by atoms with E-state index in [-0.39, 0.29) is 18.2 Å². The van der Waals surface area contributed by atoms with Crippen LogP contribution in [-0.4, -0.2) is 39.0 Å². The summed E-state index contributed by atoms with van der Waals surface area (Å²) in [7, 11) is 0. The fourth-order valence-electron chi connectivity index (χ4n) is 5.76. The molecule has 1 aliphatic heterocycles. The molecule has 6 rings (SSSR count). The Morgan fingerprint density at radius 2 is 1.65 bits per heavy atom. The SMILES string of the molecule is CC(C)(C)OC(=O)n1c(CC(=O)N2C=CC(F)=C[C@H]2C(=O)N[C@@H](c2ccccc2)c2ccc(C3CC3)c(F)c2)cc2ccccc21. The monoisotopic (exact) mass is 623 g/mol. The number of halogens is 2. The minimum absolute atomic E-state index is 0.217. The van der Waals surface area contributed by atoms with E-state index in [9.17, 15) is 18.8 Å². The molecule has 3 aromatic carbocycles. The van der Waals surface area contributed by atoms with Crippen LogP contribution in [0.3, 0.4) is 0 Å². The molecule has 2 heterocycles. The number of carbonyl (C=O) groups is 3. The van der Waals surface area contributed by atoms with E-state index in [1.807, 2.05) is 42.5 Å². The molecule has 2 aliphatic rings. The van der Waals surface area contributed by atoms with Crippen molar-refractivity contribution >= 4 is 28.8 Å². The molecule has 1 aliphatic carbocycles. The predicted molar refractivity (Wildman–Crippen MR) is 171 cm³/mol. The molecule has 1 fully saturated rings. The lowest BCUT2D eigenvalue weighted by molar-refractivity contribution is -0.135. The van der Waals surface area contributed by atoms with Crippen LogP contribution >= 0.6 is 0 Å². The maximum atomic E-state index is 15.1. The number of hydrogen-bond acceptors (Lipinski definition) is 4. The summed E-state index contributed by atoms with van der Waals surface area (Å²) in [6.07, 6.45) is 4.38. The van der Waals surface area contributed by atoms with E-state index >= 15 is 4.39 Å².